The van der Waals surface area contributed by atoms with E-state index in [1.807, 2.05) is 40.6 Å². The number of thiazole rings is 1. The van der Waals surface area contributed by atoms with Crippen molar-refractivity contribution in [2.75, 3.05) is 18.4 Å². The van der Waals surface area contributed by atoms with Gasteiger partial charge >= 0.3 is 0 Å². The lowest BCUT2D eigenvalue weighted by molar-refractivity contribution is 0.0692. The minimum atomic E-state index is 0.0549. The van der Waals surface area contributed by atoms with Gasteiger partial charge in [0.2, 0.25) is 0 Å². The van der Waals surface area contributed by atoms with Crippen molar-refractivity contribution in [2.45, 2.75) is 19.8 Å². The van der Waals surface area contributed by atoms with Gasteiger partial charge in [-0.3, -0.25) is 4.79 Å². The highest BCUT2D eigenvalue weighted by molar-refractivity contribution is 7.14. The first-order chi connectivity index (χ1) is 10.2. The molecule has 0 unspecified atom stereocenters. The summed E-state index contributed by atoms with van der Waals surface area (Å²) in [5.74, 6) is 0.777. The summed E-state index contributed by atoms with van der Waals surface area (Å²) in [7, 11) is 0. The molecule has 0 radical (unpaired) electrons. The SMILES string of the molecule is CC1CCN(C(=O)c2csc(Nc3ccccc3)n2)CC1. The van der Waals surface area contributed by atoms with Crippen molar-refractivity contribution in [1.82, 2.24) is 9.88 Å². The Morgan fingerprint density at radius 1 is 1.29 bits per heavy atom. The molecule has 21 heavy (non-hydrogen) atoms. The number of carbonyl (C=O) groups is 1. The molecular formula is C16H19N3OS. The third-order valence-electron chi connectivity index (χ3n) is 3.82. The summed E-state index contributed by atoms with van der Waals surface area (Å²) < 4.78 is 0. The van der Waals surface area contributed by atoms with Crippen molar-refractivity contribution in [3.8, 4) is 0 Å². The van der Waals surface area contributed by atoms with Crippen LogP contribution in [0.15, 0.2) is 35.7 Å². The van der Waals surface area contributed by atoms with Crippen LogP contribution in [0.3, 0.4) is 0 Å². The van der Waals surface area contributed by atoms with Gasteiger partial charge in [0, 0.05) is 24.2 Å². The average Bonchev–Trinajstić information content (AvgIpc) is 2.97. The third-order valence-corrected chi connectivity index (χ3v) is 4.58. The van der Waals surface area contributed by atoms with E-state index in [0.717, 1.165) is 42.7 Å². The molecule has 1 aromatic carbocycles. The number of amides is 1. The van der Waals surface area contributed by atoms with Crippen molar-refractivity contribution < 1.29 is 4.79 Å². The van der Waals surface area contributed by atoms with E-state index in [9.17, 15) is 4.79 Å². The first kappa shape index (κ1) is 14.1. The van der Waals surface area contributed by atoms with Crippen molar-refractivity contribution in [2.24, 2.45) is 5.92 Å². The second-order valence-electron chi connectivity index (χ2n) is 5.50. The number of anilines is 2. The second kappa shape index (κ2) is 6.26. The van der Waals surface area contributed by atoms with Crippen molar-refractivity contribution in [3.05, 3.63) is 41.4 Å². The quantitative estimate of drug-likeness (QED) is 0.939. The number of hydrogen-bond donors (Lipinski definition) is 1. The van der Waals surface area contributed by atoms with Crippen molar-refractivity contribution in [3.63, 3.8) is 0 Å². The predicted octanol–water partition coefficient (Wildman–Crippen LogP) is 3.76. The monoisotopic (exact) mass is 301 g/mol. The molecule has 1 fully saturated rings. The fourth-order valence-electron chi connectivity index (χ4n) is 2.45. The fourth-order valence-corrected chi connectivity index (χ4v) is 3.15. The molecule has 1 amide bonds. The number of rotatable bonds is 3. The van der Waals surface area contributed by atoms with Crippen LogP contribution in [-0.4, -0.2) is 28.9 Å². The summed E-state index contributed by atoms with van der Waals surface area (Å²) in [4.78, 5) is 18.7. The molecule has 110 valence electrons. The van der Waals surface area contributed by atoms with Gasteiger partial charge in [-0.25, -0.2) is 4.98 Å². The van der Waals surface area contributed by atoms with E-state index in [0.29, 0.717) is 5.69 Å². The van der Waals surface area contributed by atoms with Crippen LogP contribution in [-0.2, 0) is 0 Å². The number of likely N-dealkylation sites (tertiary alicyclic amines) is 1. The zero-order chi connectivity index (χ0) is 14.7. The molecule has 0 bridgehead atoms. The Morgan fingerprint density at radius 3 is 2.71 bits per heavy atom. The van der Waals surface area contributed by atoms with Crippen LogP contribution < -0.4 is 5.32 Å². The molecule has 0 aliphatic carbocycles. The number of hydrogen-bond acceptors (Lipinski definition) is 4. The normalized spacial score (nSPS) is 16.0. The Labute approximate surface area is 128 Å². The number of aromatic nitrogens is 1. The smallest absolute Gasteiger partial charge is 0.273 e. The van der Waals surface area contributed by atoms with E-state index < -0.39 is 0 Å². The first-order valence-corrected chi connectivity index (χ1v) is 8.17. The number of piperidine rings is 1. The lowest BCUT2D eigenvalue weighted by atomic mass is 9.99. The maximum Gasteiger partial charge on any atom is 0.273 e. The number of nitrogens with one attached hydrogen (secondary N) is 1. The summed E-state index contributed by atoms with van der Waals surface area (Å²) in [6.07, 6.45) is 2.18. The van der Waals surface area contributed by atoms with Gasteiger partial charge in [-0.15, -0.1) is 11.3 Å². The molecule has 2 heterocycles. The predicted molar refractivity (Wildman–Crippen MR) is 86.1 cm³/mol. The Balaban J connectivity index is 1.66. The summed E-state index contributed by atoms with van der Waals surface area (Å²) in [5.41, 5.74) is 1.53. The number of nitrogens with zero attached hydrogens (tertiary/aromatic N) is 2. The highest BCUT2D eigenvalue weighted by atomic mass is 32.1. The maximum atomic E-state index is 12.4. The zero-order valence-electron chi connectivity index (χ0n) is 12.1. The minimum Gasteiger partial charge on any atom is -0.337 e. The van der Waals surface area contributed by atoms with E-state index in [4.69, 9.17) is 0 Å². The van der Waals surface area contributed by atoms with Gasteiger partial charge in [0.15, 0.2) is 5.13 Å². The molecule has 1 aliphatic heterocycles. The van der Waals surface area contributed by atoms with E-state index in [1.54, 1.807) is 0 Å². The molecule has 1 saturated heterocycles. The average molecular weight is 301 g/mol. The summed E-state index contributed by atoms with van der Waals surface area (Å²) in [6.45, 7) is 3.94. The van der Waals surface area contributed by atoms with Crippen LogP contribution in [0.2, 0.25) is 0 Å². The highest BCUT2D eigenvalue weighted by Crippen LogP contribution is 2.23. The molecule has 5 heteroatoms. The molecule has 0 atom stereocenters. The van der Waals surface area contributed by atoms with Crippen LogP contribution in [0.1, 0.15) is 30.3 Å². The van der Waals surface area contributed by atoms with Gasteiger partial charge in [0.25, 0.3) is 5.91 Å². The largest absolute Gasteiger partial charge is 0.337 e. The number of benzene rings is 1. The summed E-state index contributed by atoms with van der Waals surface area (Å²) in [5, 5.41) is 5.82. The first-order valence-electron chi connectivity index (χ1n) is 7.29. The van der Waals surface area contributed by atoms with Gasteiger partial charge in [0.05, 0.1) is 0 Å². The van der Waals surface area contributed by atoms with Gasteiger partial charge in [0.1, 0.15) is 5.69 Å². The standard InChI is InChI=1S/C16H19N3OS/c1-12-7-9-19(10-8-12)15(20)14-11-21-16(18-14)17-13-5-3-2-4-6-13/h2-6,11-12H,7-10H2,1H3,(H,17,18). The van der Waals surface area contributed by atoms with E-state index >= 15 is 0 Å². The Bertz CT molecular complexity index is 603. The maximum absolute atomic E-state index is 12.4. The van der Waals surface area contributed by atoms with Crippen LogP contribution >= 0.6 is 11.3 Å². The Hall–Kier alpha value is -1.88. The van der Waals surface area contributed by atoms with Gasteiger partial charge < -0.3 is 10.2 Å². The molecule has 1 aliphatic rings. The molecule has 4 nitrogen and oxygen atoms in total. The van der Waals surface area contributed by atoms with E-state index in [1.165, 1.54) is 11.3 Å². The van der Waals surface area contributed by atoms with Gasteiger partial charge in [-0.2, -0.15) is 0 Å². The molecule has 1 aromatic heterocycles. The third kappa shape index (κ3) is 3.42. The van der Waals surface area contributed by atoms with Crippen LogP contribution in [0.5, 0.6) is 0 Å². The molecule has 0 spiro atoms. The van der Waals surface area contributed by atoms with Crippen molar-refractivity contribution in [1.29, 1.82) is 0 Å². The number of carbonyl (C=O) groups excluding carboxylic acids is 1. The fraction of sp³-hybridized carbons (Fsp3) is 0.375. The molecule has 1 N–H and O–H groups in total. The highest BCUT2D eigenvalue weighted by Gasteiger charge is 2.23. The molecule has 3 rings (SSSR count). The minimum absolute atomic E-state index is 0.0549. The summed E-state index contributed by atoms with van der Waals surface area (Å²) >= 11 is 1.47. The summed E-state index contributed by atoms with van der Waals surface area (Å²) in [6, 6.07) is 9.87. The lowest BCUT2D eigenvalue weighted by Gasteiger charge is -2.29. The van der Waals surface area contributed by atoms with Crippen LogP contribution in [0.4, 0.5) is 10.8 Å². The van der Waals surface area contributed by atoms with Gasteiger partial charge in [-0.05, 0) is 30.9 Å². The van der Waals surface area contributed by atoms with E-state index in [-0.39, 0.29) is 5.91 Å². The topological polar surface area (TPSA) is 45.2 Å². The van der Waals surface area contributed by atoms with Crippen LogP contribution in [0, 0.1) is 5.92 Å². The number of para-hydroxylation sites is 1. The molecule has 0 saturated carbocycles. The van der Waals surface area contributed by atoms with Crippen molar-refractivity contribution >= 4 is 28.1 Å². The Morgan fingerprint density at radius 2 is 2.00 bits per heavy atom. The van der Waals surface area contributed by atoms with Gasteiger partial charge in [-0.1, -0.05) is 25.1 Å². The second-order valence-corrected chi connectivity index (χ2v) is 6.36. The molecule has 2 aromatic rings. The van der Waals surface area contributed by atoms with Crippen LogP contribution in [0.25, 0.3) is 0 Å². The van der Waals surface area contributed by atoms with E-state index in [2.05, 4.69) is 17.2 Å². The molecular weight excluding hydrogens is 282 g/mol. The lowest BCUT2D eigenvalue weighted by Crippen LogP contribution is -2.38. The Kier molecular flexibility index (Phi) is 4.20. The zero-order valence-corrected chi connectivity index (χ0v) is 12.9.